The lowest BCUT2D eigenvalue weighted by Crippen LogP contribution is -2.14. The van der Waals surface area contributed by atoms with Gasteiger partial charge in [0.15, 0.2) is 0 Å². The van der Waals surface area contributed by atoms with Crippen LogP contribution in [0, 0.1) is 6.92 Å². The summed E-state index contributed by atoms with van der Waals surface area (Å²) in [6, 6.07) is 2.06. The predicted molar refractivity (Wildman–Crippen MR) is 73.9 cm³/mol. The molecule has 0 unspecified atom stereocenters. The molecule has 0 aromatic carbocycles. The van der Waals surface area contributed by atoms with E-state index in [-0.39, 0.29) is 19.1 Å². The summed E-state index contributed by atoms with van der Waals surface area (Å²) >= 11 is 0. The van der Waals surface area contributed by atoms with Gasteiger partial charge in [-0.05, 0) is 13.0 Å². The molecule has 0 spiro atoms. The van der Waals surface area contributed by atoms with E-state index in [0.717, 1.165) is 30.0 Å². The minimum atomic E-state index is -0.386. The fourth-order valence-electron chi connectivity index (χ4n) is 1.87. The zero-order valence-electron chi connectivity index (χ0n) is 11.1. The molecule has 2 rings (SSSR count). The monoisotopic (exact) mass is 287 g/mol. The second kappa shape index (κ2) is 7.25. The van der Waals surface area contributed by atoms with E-state index in [1.807, 2.05) is 24.9 Å². The first kappa shape index (κ1) is 15.7. The van der Waals surface area contributed by atoms with Crippen molar-refractivity contribution in [2.75, 3.05) is 6.67 Å². The molecule has 19 heavy (non-hydrogen) atoms. The van der Waals surface area contributed by atoms with Crippen LogP contribution in [0.2, 0.25) is 0 Å². The van der Waals surface area contributed by atoms with Crippen molar-refractivity contribution in [3.8, 4) is 0 Å². The zero-order valence-corrected chi connectivity index (χ0v) is 12.0. The molecule has 0 saturated heterocycles. The molecule has 0 saturated carbocycles. The van der Waals surface area contributed by atoms with Gasteiger partial charge >= 0.3 is 0 Å². The molecule has 2 aromatic rings. The van der Waals surface area contributed by atoms with Crippen LogP contribution in [0.3, 0.4) is 0 Å². The molecule has 106 valence electrons. The standard InChI is InChI=1S/C12H18FN5.ClH/c1-10-5-12(17(2)16-10)8-14-6-11-7-15-18(9-11)4-3-13;/h5,7,9,14H,3-4,6,8H2,1-2H3;1H. The maximum absolute atomic E-state index is 12.1. The quantitative estimate of drug-likeness (QED) is 0.878. The van der Waals surface area contributed by atoms with Crippen molar-refractivity contribution < 1.29 is 4.39 Å². The number of aryl methyl sites for hydroxylation is 3. The van der Waals surface area contributed by atoms with Gasteiger partial charge in [0, 0.05) is 31.9 Å². The molecule has 7 heteroatoms. The molecule has 0 aliphatic heterocycles. The summed E-state index contributed by atoms with van der Waals surface area (Å²) < 4.78 is 15.6. The zero-order chi connectivity index (χ0) is 13.0. The second-order valence-electron chi connectivity index (χ2n) is 4.30. The van der Waals surface area contributed by atoms with Crippen LogP contribution in [0.25, 0.3) is 0 Å². The van der Waals surface area contributed by atoms with Gasteiger partial charge in [0.2, 0.25) is 0 Å². The Morgan fingerprint density at radius 2 is 2.16 bits per heavy atom. The van der Waals surface area contributed by atoms with Crippen molar-refractivity contribution in [1.82, 2.24) is 24.9 Å². The van der Waals surface area contributed by atoms with Gasteiger partial charge in [-0.1, -0.05) is 0 Å². The highest BCUT2D eigenvalue weighted by atomic mass is 35.5. The summed E-state index contributed by atoms with van der Waals surface area (Å²) in [6.45, 7) is 3.39. The Labute approximate surface area is 118 Å². The van der Waals surface area contributed by atoms with Crippen molar-refractivity contribution in [3.63, 3.8) is 0 Å². The summed E-state index contributed by atoms with van der Waals surface area (Å²) in [6.07, 6.45) is 3.62. The molecular weight excluding hydrogens is 269 g/mol. The van der Waals surface area contributed by atoms with Crippen molar-refractivity contribution in [1.29, 1.82) is 0 Å². The maximum atomic E-state index is 12.1. The molecule has 0 aliphatic rings. The van der Waals surface area contributed by atoms with Gasteiger partial charge in [0.05, 0.1) is 24.1 Å². The number of aromatic nitrogens is 4. The molecule has 2 aromatic heterocycles. The number of rotatable bonds is 6. The third-order valence-corrected chi connectivity index (χ3v) is 2.73. The first-order chi connectivity index (χ1) is 8.69. The molecule has 2 heterocycles. The molecule has 0 atom stereocenters. The van der Waals surface area contributed by atoms with E-state index in [1.165, 1.54) is 0 Å². The largest absolute Gasteiger partial charge is 0.307 e. The van der Waals surface area contributed by atoms with Crippen LogP contribution in [0.4, 0.5) is 4.39 Å². The van der Waals surface area contributed by atoms with Crippen LogP contribution in [0.1, 0.15) is 17.0 Å². The Hall–Kier alpha value is -1.40. The van der Waals surface area contributed by atoms with E-state index in [2.05, 4.69) is 21.6 Å². The van der Waals surface area contributed by atoms with E-state index in [9.17, 15) is 4.39 Å². The van der Waals surface area contributed by atoms with Crippen molar-refractivity contribution >= 4 is 12.4 Å². The normalized spacial score (nSPS) is 10.5. The van der Waals surface area contributed by atoms with Gasteiger partial charge in [-0.3, -0.25) is 9.36 Å². The van der Waals surface area contributed by atoms with E-state index < -0.39 is 0 Å². The number of alkyl halides is 1. The Balaban J connectivity index is 0.00000180. The van der Waals surface area contributed by atoms with Crippen LogP contribution in [-0.2, 0) is 26.7 Å². The predicted octanol–water partition coefficient (Wildman–Crippen LogP) is 1.61. The number of nitrogens with zero attached hydrogens (tertiary/aromatic N) is 4. The number of halogens is 2. The van der Waals surface area contributed by atoms with Gasteiger partial charge in [0.1, 0.15) is 6.67 Å². The van der Waals surface area contributed by atoms with E-state index in [0.29, 0.717) is 6.54 Å². The molecule has 5 nitrogen and oxygen atoms in total. The molecule has 0 fully saturated rings. The molecule has 0 radical (unpaired) electrons. The fraction of sp³-hybridized carbons (Fsp3) is 0.500. The van der Waals surface area contributed by atoms with Crippen molar-refractivity contribution in [3.05, 3.63) is 35.4 Å². The summed E-state index contributed by atoms with van der Waals surface area (Å²) in [7, 11) is 1.93. The fourth-order valence-corrected chi connectivity index (χ4v) is 1.87. The van der Waals surface area contributed by atoms with Gasteiger partial charge in [-0.15, -0.1) is 12.4 Å². The van der Waals surface area contributed by atoms with Crippen molar-refractivity contribution in [2.45, 2.75) is 26.6 Å². The third kappa shape index (κ3) is 4.33. The summed E-state index contributed by atoms with van der Waals surface area (Å²) in [4.78, 5) is 0. The lowest BCUT2D eigenvalue weighted by molar-refractivity contribution is 0.427. The highest BCUT2D eigenvalue weighted by molar-refractivity contribution is 5.85. The summed E-state index contributed by atoms with van der Waals surface area (Å²) in [5.74, 6) is 0. The Bertz CT molecular complexity index is 508. The molecule has 0 aliphatic carbocycles. The Morgan fingerprint density at radius 3 is 2.79 bits per heavy atom. The molecule has 0 bridgehead atoms. The van der Waals surface area contributed by atoms with Crippen LogP contribution >= 0.6 is 12.4 Å². The SMILES string of the molecule is Cc1cc(CNCc2cnn(CCF)c2)n(C)n1.Cl. The molecule has 0 amide bonds. The highest BCUT2D eigenvalue weighted by Gasteiger charge is 2.02. The topological polar surface area (TPSA) is 47.7 Å². The van der Waals surface area contributed by atoms with Gasteiger partial charge < -0.3 is 5.32 Å². The van der Waals surface area contributed by atoms with Gasteiger partial charge in [-0.2, -0.15) is 10.2 Å². The Morgan fingerprint density at radius 1 is 1.37 bits per heavy atom. The molecule has 1 N–H and O–H groups in total. The number of hydrogen-bond acceptors (Lipinski definition) is 3. The van der Waals surface area contributed by atoms with E-state index in [1.54, 1.807) is 10.9 Å². The smallest absolute Gasteiger partial charge is 0.109 e. The third-order valence-electron chi connectivity index (χ3n) is 2.73. The van der Waals surface area contributed by atoms with Crippen LogP contribution in [-0.4, -0.2) is 26.2 Å². The highest BCUT2D eigenvalue weighted by Crippen LogP contribution is 2.02. The minimum Gasteiger partial charge on any atom is -0.307 e. The van der Waals surface area contributed by atoms with Crippen molar-refractivity contribution in [2.24, 2.45) is 7.05 Å². The average Bonchev–Trinajstić information content (AvgIpc) is 2.87. The first-order valence-electron chi connectivity index (χ1n) is 5.96. The van der Waals surface area contributed by atoms with Gasteiger partial charge in [-0.25, -0.2) is 4.39 Å². The van der Waals surface area contributed by atoms with Gasteiger partial charge in [0.25, 0.3) is 0 Å². The lowest BCUT2D eigenvalue weighted by atomic mass is 10.3. The lowest BCUT2D eigenvalue weighted by Gasteiger charge is -2.03. The number of hydrogen-bond donors (Lipinski definition) is 1. The average molecular weight is 288 g/mol. The maximum Gasteiger partial charge on any atom is 0.109 e. The first-order valence-corrected chi connectivity index (χ1v) is 5.96. The van der Waals surface area contributed by atoms with E-state index in [4.69, 9.17) is 0 Å². The summed E-state index contributed by atoms with van der Waals surface area (Å²) in [5, 5.41) is 11.7. The van der Waals surface area contributed by atoms with Crippen LogP contribution < -0.4 is 5.32 Å². The molecular formula is C12H19ClFN5. The van der Waals surface area contributed by atoms with Crippen LogP contribution in [0.5, 0.6) is 0 Å². The minimum absolute atomic E-state index is 0. The van der Waals surface area contributed by atoms with Crippen LogP contribution in [0.15, 0.2) is 18.5 Å². The summed E-state index contributed by atoms with van der Waals surface area (Å²) in [5.41, 5.74) is 3.22. The number of nitrogens with one attached hydrogen (secondary N) is 1. The van der Waals surface area contributed by atoms with E-state index >= 15 is 0 Å². The second-order valence-corrected chi connectivity index (χ2v) is 4.30. The Kier molecular flexibility index (Phi) is 5.98.